The molecular formula is C16H34N2O2. The molecule has 0 radical (unpaired) electrons. The maximum atomic E-state index is 11.5. The van der Waals surface area contributed by atoms with E-state index in [9.17, 15) is 4.79 Å². The molecule has 0 aliphatic carbocycles. The Morgan fingerprint density at radius 3 is 2.50 bits per heavy atom. The smallest absolute Gasteiger partial charge is 0.237 e. The van der Waals surface area contributed by atoms with Gasteiger partial charge in [-0.1, -0.05) is 40.0 Å². The van der Waals surface area contributed by atoms with Crippen molar-refractivity contribution in [1.82, 2.24) is 5.32 Å². The Morgan fingerprint density at radius 1 is 1.30 bits per heavy atom. The summed E-state index contributed by atoms with van der Waals surface area (Å²) in [6.45, 7) is 10.6. The largest absolute Gasteiger partial charge is 0.381 e. The molecule has 0 rings (SSSR count). The highest BCUT2D eigenvalue weighted by atomic mass is 16.5. The molecular weight excluding hydrogens is 252 g/mol. The van der Waals surface area contributed by atoms with Gasteiger partial charge in [-0.2, -0.15) is 0 Å². The van der Waals surface area contributed by atoms with Crippen LogP contribution >= 0.6 is 0 Å². The van der Waals surface area contributed by atoms with Crippen LogP contribution in [0.4, 0.5) is 0 Å². The lowest BCUT2D eigenvalue weighted by Gasteiger charge is -2.27. The van der Waals surface area contributed by atoms with Crippen molar-refractivity contribution in [2.75, 3.05) is 19.8 Å². The third-order valence-electron chi connectivity index (χ3n) is 3.97. The molecule has 4 nitrogen and oxygen atoms in total. The van der Waals surface area contributed by atoms with E-state index < -0.39 is 5.54 Å². The lowest BCUT2D eigenvalue weighted by molar-refractivity contribution is -0.124. The number of primary amides is 1. The monoisotopic (exact) mass is 286 g/mol. The number of amides is 1. The third-order valence-corrected chi connectivity index (χ3v) is 3.97. The molecule has 0 saturated heterocycles. The minimum Gasteiger partial charge on any atom is -0.381 e. The zero-order valence-electron chi connectivity index (χ0n) is 13.8. The maximum absolute atomic E-state index is 11.5. The van der Waals surface area contributed by atoms with Crippen LogP contribution in [0.2, 0.25) is 0 Å². The number of hydrogen-bond donors (Lipinski definition) is 2. The van der Waals surface area contributed by atoms with E-state index in [4.69, 9.17) is 10.5 Å². The zero-order chi connectivity index (χ0) is 15.4. The second-order valence-electron chi connectivity index (χ2n) is 5.82. The second-order valence-corrected chi connectivity index (χ2v) is 5.82. The number of hydrogen-bond acceptors (Lipinski definition) is 3. The molecule has 120 valence electrons. The lowest BCUT2D eigenvalue weighted by atomic mass is 9.95. The Bertz CT molecular complexity index is 259. The number of nitrogens with one attached hydrogen (secondary N) is 1. The fourth-order valence-corrected chi connectivity index (χ4v) is 2.36. The van der Waals surface area contributed by atoms with Gasteiger partial charge in [0.25, 0.3) is 0 Å². The van der Waals surface area contributed by atoms with Crippen molar-refractivity contribution < 1.29 is 9.53 Å². The summed E-state index contributed by atoms with van der Waals surface area (Å²) in [5.41, 5.74) is 4.85. The summed E-state index contributed by atoms with van der Waals surface area (Å²) in [6.07, 6.45) is 6.54. The number of carbonyl (C=O) groups is 1. The van der Waals surface area contributed by atoms with Gasteiger partial charge in [-0.15, -0.1) is 0 Å². The van der Waals surface area contributed by atoms with Gasteiger partial charge in [-0.05, 0) is 38.6 Å². The summed E-state index contributed by atoms with van der Waals surface area (Å²) < 4.78 is 5.76. The van der Waals surface area contributed by atoms with Gasteiger partial charge in [-0.3, -0.25) is 4.79 Å². The molecule has 20 heavy (non-hydrogen) atoms. The normalized spacial score (nSPS) is 15.8. The van der Waals surface area contributed by atoms with E-state index in [1.54, 1.807) is 0 Å². The average Bonchev–Trinajstić information content (AvgIpc) is 2.42. The molecule has 0 bridgehead atoms. The first-order valence-electron chi connectivity index (χ1n) is 8.12. The predicted octanol–water partition coefficient (Wildman–Crippen LogP) is 2.85. The molecule has 0 spiro atoms. The zero-order valence-corrected chi connectivity index (χ0v) is 13.8. The van der Waals surface area contributed by atoms with Gasteiger partial charge in [0.15, 0.2) is 0 Å². The molecule has 0 aliphatic rings. The molecule has 0 heterocycles. The first kappa shape index (κ1) is 19.4. The van der Waals surface area contributed by atoms with Crippen molar-refractivity contribution in [3.63, 3.8) is 0 Å². The number of nitrogens with two attached hydrogens (primary N) is 1. The van der Waals surface area contributed by atoms with Crippen LogP contribution < -0.4 is 11.1 Å². The fourth-order valence-electron chi connectivity index (χ4n) is 2.36. The summed E-state index contributed by atoms with van der Waals surface area (Å²) >= 11 is 0. The molecule has 0 saturated carbocycles. The number of ether oxygens (including phenoxy) is 1. The van der Waals surface area contributed by atoms with Crippen LogP contribution in [-0.4, -0.2) is 31.2 Å². The lowest BCUT2D eigenvalue weighted by Crippen LogP contribution is -2.53. The molecule has 2 atom stereocenters. The summed E-state index contributed by atoms with van der Waals surface area (Å²) in [7, 11) is 0. The standard InChI is InChI=1S/C16H34N2O2/c1-5-8-10-14(6-2)13-20-12-9-11-16(4,15(17)19)18-7-3/h14,18H,5-13H2,1-4H3,(H2,17,19). The fraction of sp³-hybridized carbons (Fsp3) is 0.938. The van der Waals surface area contributed by atoms with Crippen LogP contribution in [0.5, 0.6) is 0 Å². The highest BCUT2D eigenvalue weighted by molar-refractivity contribution is 5.84. The molecule has 0 aromatic carbocycles. The van der Waals surface area contributed by atoms with E-state index in [0.29, 0.717) is 12.5 Å². The predicted molar refractivity (Wildman–Crippen MR) is 84.6 cm³/mol. The van der Waals surface area contributed by atoms with Gasteiger partial charge in [0.2, 0.25) is 5.91 Å². The van der Waals surface area contributed by atoms with Crippen LogP contribution in [0.3, 0.4) is 0 Å². The summed E-state index contributed by atoms with van der Waals surface area (Å²) in [6, 6.07) is 0. The van der Waals surface area contributed by atoms with Gasteiger partial charge < -0.3 is 15.8 Å². The van der Waals surface area contributed by atoms with Crippen LogP contribution in [0.25, 0.3) is 0 Å². The molecule has 2 unspecified atom stereocenters. The SMILES string of the molecule is CCCCC(CC)COCCCC(C)(NCC)C(N)=O. The first-order valence-corrected chi connectivity index (χ1v) is 8.12. The van der Waals surface area contributed by atoms with Crippen molar-refractivity contribution in [3.8, 4) is 0 Å². The van der Waals surface area contributed by atoms with E-state index in [1.165, 1.54) is 25.7 Å². The average molecular weight is 286 g/mol. The first-order chi connectivity index (χ1) is 9.50. The minimum atomic E-state index is -0.607. The minimum absolute atomic E-state index is 0.284. The Morgan fingerprint density at radius 2 is 2.00 bits per heavy atom. The summed E-state index contributed by atoms with van der Waals surface area (Å²) in [5.74, 6) is 0.389. The van der Waals surface area contributed by atoms with Crippen LogP contribution in [-0.2, 0) is 9.53 Å². The quantitative estimate of drug-likeness (QED) is 0.512. The Balaban J connectivity index is 3.85. The highest BCUT2D eigenvalue weighted by Gasteiger charge is 2.28. The topological polar surface area (TPSA) is 64.3 Å². The van der Waals surface area contributed by atoms with Crippen molar-refractivity contribution in [2.45, 2.75) is 71.8 Å². The Labute approximate surface area is 124 Å². The molecule has 1 amide bonds. The van der Waals surface area contributed by atoms with E-state index in [-0.39, 0.29) is 5.91 Å². The van der Waals surface area contributed by atoms with Gasteiger partial charge in [-0.25, -0.2) is 0 Å². The molecule has 0 aromatic rings. The van der Waals surface area contributed by atoms with Gasteiger partial charge >= 0.3 is 0 Å². The highest BCUT2D eigenvalue weighted by Crippen LogP contribution is 2.15. The molecule has 4 heteroatoms. The van der Waals surface area contributed by atoms with E-state index >= 15 is 0 Å². The van der Waals surface area contributed by atoms with Gasteiger partial charge in [0.05, 0.1) is 5.54 Å². The van der Waals surface area contributed by atoms with Crippen LogP contribution in [0.15, 0.2) is 0 Å². The molecule has 0 aromatic heterocycles. The number of unbranched alkanes of at least 4 members (excludes halogenated alkanes) is 1. The maximum Gasteiger partial charge on any atom is 0.237 e. The number of carbonyl (C=O) groups excluding carboxylic acids is 1. The number of rotatable bonds is 13. The molecule has 3 N–H and O–H groups in total. The van der Waals surface area contributed by atoms with Gasteiger partial charge in [0.1, 0.15) is 0 Å². The molecule has 0 fully saturated rings. The van der Waals surface area contributed by atoms with Crippen molar-refractivity contribution >= 4 is 5.91 Å². The second kappa shape index (κ2) is 11.1. The van der Waals surface area contributed by atoms with Crippen LogP contribution in [0, 0.1) is 5.92 Å². The summed E-state index contributed by atoms with van der Waals surface area (Å²) in [5, 5.41) is 3.17. The van der Waals surface area contributed by atoms with Gasteiger partial charge in [0, 0.05) is 13.2 Å². The Hall–Kier alpha value is -0.610. The van der Waals surface area contributed by atoms with E-state index in [1.807, 2.05) is 13.8 Å². The van der Waals surface area contributed by atoms with Crippen molar-refractivity contribution in [3.05, 3.63) is 0 Å². The van der Waals surface area contributed by atoms with Crippen molar-refractivity contribution in [1.29, 1.82) is 0 Å². The van der Waals surface area contributed by atoms with Crippen molar-refractivity contribution in [2.24, 2.45) is 11.7 Å². The van der Waals surface area contributed by atoms with E-state index in [0.717, 1.165) is 26.0 Å². The summed E-state index contributed by atoms with van der Waals surface area (Å²) in [4.78, 5) is 11.5. The van der Waals surface area contributed by atoms with Crippen LogP contribution in [0.1, 0.15) is 66.2 Å². The Kier molecular flexibility index (Phi) is 10.8. The van der Waals surface area contributed by atoms with E-state index in [2.05, 4.69) is 19.2 Å². The molecule has 0 aliphatic heterocycles. The number of likely N-dealkylation sites (N-methyl/N-ethyl adjacent to an activating group) is 1. The third kappa shape index (κ3) is 7.85.